The summed E-state index contributed by atoms with van der Waals surface area (Å²) >= 11 is 0. The van der Waals surface area contributed by atoms with Crippen LogP contribution in [0.3, 0.4) is 0 Å². The largest absolute Gasteiger partial charge is 0.459 e. The normalized spacial score (nSPS) is 31.1. The molecular formula is C9H18NPr-. The Morgan fingerprint density at radius 1 is 1.45 bits per heavy atom. The molecule has 0 aromatic heterocycles. The van der Waals surface area contributed by atoms with Gasteiger partial charge in [0, 0.05) is 41.3 Å². The molecule has 0 amide bonds. The summed E-state index contributed by atoms with van der Waals surface area (Å²) in [4.78, 5) is 2.30. The van der Waals surface area contributed by atoms with Gasteiger partial charge < -0.3 is 4.90 Å². The minimum atomic E-state index is 0. The van der Waals surface area contributed by atoms with Gasteiger partial charge in [-0.3, -0.25) is 6.54 Å². The zero-order valence-electron chi connectivity index (χ0n) is 8.09. The van der Waals surface area contributed by atoms with Crippen molar-refractivity contribution in [3.05, 3.63) is 6.54 Å². The zero-order chi connectivity index (χ0) is 7.78. The van der Waals surface area contributed by atoms with Crippen LogP contribution in [0.25, 0.3) is 0 Å². The number of hydrogen-bond acceptors (Lipinski definition) is 1. The van der Waals surface area contributed by atoms with Gasteiger partial charge in [0.1, 0.15) is 0 Å². The minimum Gasteiger partial charge on any atom is -0.459 e. The summed E-state index contributed by atoms with van der Waals surface area (Å²) in [6.07, 6.45) is 1.32. The summed E-state index contributed by atoms with van der Waals surface area (Å²) < 4.78 is 0. The molecule has 1 fully saturated rings. The van der Waals surface area contributed by atoms with Crippen LogP contribution in [0.4, 0.5) is 0 Å². The molecule has 1 atom stereocenters. The van der Waals surface area contributed by atoms with Crippen LogP contribution in [0.1, 0.15) is 27.2 Å². The smallest absolute Gasteiger partial charge is 0 e. The van der Waals surface area contributed by atoms with Gasteiger partial charge in [0.25, 0.3) is 0 Å². The van der Waals surface area contributed by atoms with Crippen LogP contribution in [0.5, 0.6) is 0 Å². The molecule has 63 valence electrons. The van der Waals surface area contributed by atoms with Crippen molar-refractivity contribution in [1.82, 2.24) is 4.90 Å². The van der Waals surface area contributed by atoms with E-state index in [-0.39, 0.29) is 41.3 Å². The summed E-state index contributed by atoms with van der Waals surface area (Å²) in [6.45, 7) is 10.6. The molecule has 1 heterocycles. The van der Waals surface area contributed by atoms with E-state index in [1.807, 2.05) is 0 Å². The second-order valence-corrected chi connectivity index (χ2v) is 4.16. The molecule has 0 aromatic rings. The van der Waals surface area contributed by atoms with E-state index in [9.17, 15) is 0 Å². The van der Waals surface area contributed by atoms with Gasteiger partial charge in [0.2, 0.25) is 0 Å². The van der Waals surface area contributed by atoms with Crippen LogP contribution >= 0.6 is 0 Å². The van der Waals surface area contributed by atoms with Crippen molar-refractivity contribution in [3.8, 4) is 0 Å². The van der Waals surface area contributed by atoms with E-state index in [0.717, 1.165) is 5.92 Å². The maximum Gasteiger partial charge on any atom is 0 e. The van der Waals surface area contributed by atoms with E-state index in [1.165, 1.54) is 13.0 Å². The summed E-state index contributed by atoms with van der Waals surface area (Å²) in [6, 6.07) is 0. The van der Waals surface area contributed by atoms with Crippen molar-refractivity contribution in [2.75, 3.05) is 13.6 Å². The van der Waals surface area contributed by atoms with Crippen LogP contribution in [0.2, 0.25) is 0 Å². The summed E-state index contributed by atoms with van der Waals surface area (Å²) in [5.41, 5.74) is 0.520. The molecule has 1 rings (SSSR count). The molecule has 0 saturated carbocycles. The molecule has 11 heavy (non-hydrogen) atoms. The van der Waals surface area contributed by atoms with Crippen LogP contribution in [-0.2, 0) is 0 Å². The standard InChI is InChI=1S/C9H18N.Pr/c1-8-7-10(4)6-5-9(8,2)3;/h7-8H,5-6H2,1-4H3;/q-1;. The van der Waals surface area contributed by atoms with Gasteiger partial charge in [0.05, 0.1) is 0 Å². The first-order chi connectivity index (χ1) is 4.52. The third-order valence-corrected chi connectivity index (χ3v) is 2.82. The fourth-order valence-corrected chi connectivity index (χ4v) is 1.35. The molecule has 1 aliphatic heterocycles. The Balaban J connectivity index is 0.000001000. The molecule has 1 nitrogen and oxygen atoms in total. The quantitative estimate of drug-likeness (QED) is 0.615. The molecule has 1 unspecified atom stereocenters. The number of hydrogen-bond donors (Lipinski definition) is 0. The molecule has 1 saturated heterocycles. The first kappa shape index (κ1) is 12.3. The van der Waals surface area contributed by atoms with Gasteiger partial charge in [0.15, 0.2) is 0 Å². The Labute approximate surface area is 104 Å². The molecule has 0 aliphatic carbocycles. The molecule has 1 radical (unpaired) electrons. The molecule has 0 N–H and O–H groups in total. The predicted octanol–water partition coefficient (Wildman–Crippen LogP) is 2.15. The van der Waals surface area contributed by atoms with Crippen molar-refractivity contribution < 1.29 is 41.3 Å². The van der Waals surface area contributed by atoms with Crippen LogP contribution in [-0.4, -0.2) is 18.5 Å². The average Bonchev–Trinajstić information content (AvgIpc) is 1.81. The molecule has 1 aliphatic rings. The Morgan fingerprint density at radius 2 is 2.00 bits per heavy atom. The van der Waals surface area contributed by atoms with Crippen molar-refractivity contribution in [1.29, 1.82) is 0 Å². The van der Waals surface area contributed by atoms with Gasteiger partial charge in [-0.1, -0.05) is 26.2 Å². The van der Waals surface area contributed by atoms with Crippen molar-refractivity contribution in [2.24, 2.45) is 11.3 Å². The Morgan fingerprint density at radius 3 is 2.36 bits per heavy atom. The van der Waals surface area contributed by atoms with Gasteiger partial charge in [-0.2, -0.15) is 5.92 Å². The second kappa shape index (κ2) is 4.53. The third-order valence-electron chi connectivity index (χ3n) is 2.82. The maximum absolute atomic E-state index is 2.35. The third kappa shape index (κ3) is 3.28. The maximum atomic E-state index is 2.35. The van der Waals surface area contributed by atoms with E-state index >= 15 is 0 Å². The van der Waals surface area contributed by atoms with E-state index in [4.69, 9.17) is 0 Å². The van der Waals surface area contributed by atoms with Gasteiger partial charge >= 0.3 is 0 Å². The van der Waals surface area contributed by atoms with Crippen LogP contribution in [0, 0.1) is 59.2 Å². The molecular weight excluding hydrogens is 263 g/mol. The molecule has 0 spiro atoms. The van der Waals surface area contributed by atoms with E-state index in [0.29, 0.717) is 5.41 Å². The minimum absolute atomic E-state index is 0. The first-order valence-corrected chi connectivity index (χ1v) is 4.07. The predicted molar refractivity (Wildman–Crippen MR) is 44.5 cm³/mol. The van der Waals surface area contributed by atoms with E-state index in [1.54, 1.807) is 0 Å². The van der Waals surface area contributed by atoms with Crippen molar-refractivity contribution >= 4 is 0 Å². The van der Waals surface area contributed by atoms with Crippen molar-refractivity contribution in [2.45, 2.75) is 27.2 Å². The molecule has 0 bridgehead atoms. The number of nitrogens with zero attached hydrogens (tertiary/aromatic N) is 1. The second-order valence-electron chi connectivity index (χ2n) is 4.16. The summed E-state index contributed by atoms with van der Waals surface area (Å²) in [7, 11) is 2.16. The fraction of sp³-hybridized carbons (Fsp3) is 0.889. The van der Waals surface area contributed by atoms with Gasteiger partial charge in [-0.25, -0.2) is 0 Å². The topological polar surface area (TPSA) is 3.24 Å². The number of piperidine rings is 1. The Kier molecular flexibility index (Phi) is 5.07. The van der Waals surface area contributed by atoms with Gasteiger partial charge in [-0.05, 0) is 20.0 Å². The number of likely N-dealkylation sites (tertiary alicyclic amines) is 1. The van der Waals surface area contributed by atoms with Crippen molar-refractivity contribution in [3.63, 3.8) is 0 Å². The number of rotatable bonds is 0. The van der Waals surface area contributed by atoms with Gasteiger partial charge in [-0.15, -0.1) is 0 Å². The van der Waals surface area contributed by atoms with E-state index < -0.39 is 0 Å². The molecule has 2 heteroatoms. The monoisotopic (exact) mass is 281 g/mol. The Bertz CT molecular complexity index is 123. The fourth-order valence-electron chi connectivity index (χ4n) is 1.35. The van der Waals surface area contributed by atoms with Crippen LogP contribution in [0.15, 0.2) is 0 Å². The van der Waals surface area contributed by atoms with E-state index in [2.05, 4.69) is 39.3 Å². The molecule has 0 aromatic carbocycles. The Hall–Kier alpha value is 1.32. The average molecular weight is 281 g/mol. The first-order valence-electron chi connectivity index (χ1n) is 4.07. The zero-order valence-corrected chi connectivity index (χ0v) is 11.8. The summed E-state index contributed by atoms with van der Waals surface area (Å²) in [5.74, 6) is 0.728. The van der Waals surface area contributed by atoms with Crippen LogP contribution < -0.4 is 0 Å². The summed E-state index contributed by atoms with van der Waals surface area (Å²) in [5, 5.41) is 0. The SMILES string of the molecule is CC1[CH-]N(C)CCC1(C)C.[Pr].